The second-order valence-electron chi connectivity index (χ2n) is 7.87. The molecule has 0 fully saturated rings. The number of hydrogen-bond donors (Lipinski definition) is 1. The second kappa shape index (κ2) is 8.71. The van der Waals surface area contributed by atoms with Crippen molar-refractivity contribution in [3.05, 3.63) is 89.6 Å². The molecule has 0 saturated heterocycles. The molecular formula is C27H24N2O3. The minimum atomic E-state index is -0.0442. The van der Waals surface area contributed by atoms with Crippen molar-refractivity contribution < 1.29 is 14.3 Å². The van der Waals surface area contributed by atoms with Gasteiger partial charge in [0, 0.05) is 17.6 Å². The third-order valence-electron chi connectivity index (χ3n) is 5.70. The Hall–Kier alpha value is -3.86. The number of fused-ring (bicyclic) bond motifs is 2. The number of nitrogens with one attached hydrogen (secondary N) is 1. The number of benzene rings is 3. The maximum absolute atomic E-state index is 13.0. The number of rotatable bonds is 5. The van der Waals surface area contributed by atoms with Crippen molar-refractivity contribution >= 4 is 16.8 Å². The predicted octanol–water partition coefficient (Wildman–Crippen LogP) is 4.84. The molecule has 5 rings (SSSR count). The molecule has 2 heterocycles. The van der Waals surface area contributed by atoms with Crippen LogP contribution in [0.25, 0.3) is 22.0 Å². The average molecular weight is 425 g/mol. The van der Waals surface area contributed by atoms with Crippen LogP contribution in [-0.2, 0) is 17.8 Å². The SMILES string of the molecule is Cc1nc2ccccc2c(-c2ccccc2)c1CC(=O)NCc1ccc2c(c1)OCCO2. The monoisotopic (exact) mass is 424 g/mol. The zero-order valence-corrected chi connectivity index (χ0v) is 17.9. The summed E-state index contributed by atoms with van der Waals surface area (Å²) in [5, 5.41) is 4.10. The van der Waals surface area contributed by atoms with Gasteiger partial charge >= 0.3 is 0 Å². The Kier molecular flexibility index (Phi) is 5.46. The molecule has 32 heavy (non-hydrogen) atoms. The van der Waals surface area contributed by atoms with E-state index in [-0.39, 0.29) is 12.3 Å². The van der Waals surface area contributed by atoms with E-state index in [2.05, 4.69) is 23.5 Å². The van der Waals surface area contributed by atoms with Crippen molar-refractivity contribution in [1.82, 2.24) is 10.3 Å². The maximum Gasteiger partial charge on any atom is 0.224 e. The van der Waals surface area contributed by atoms with Gasteiger partial charge < -0.3 is 14.8 Å². The summed E-state index contributed by atoms with van der Waals surface area (Å²) in [5.41, 5.74) is 5.89. The fourth-order valence-electron chi connectivity index (χ4n) is 4.15. The van der Waals surface area contributed by atoms with E-state index in [1.54, 1.807) is 0 Å². The average Bonchev–Trinajstić information content (AvgIpc) is 2.83. The number of hydrogen-bond acceptors (Lipinski definition) is 4. The Labute approximate surface area is 187 Å². The maximum atomic E-state index is 13.0. The summed E-state index contributed by atoms with van der Waals surface area (Å²) in [6.45, 7) is 3.50. The fraction of sp³-hybridized carbons (Fsp3) is 0.185. The van der Waals surface area contributed by atoms with Crippen molar-refractivity contribution in [3.63, 3.8) is 0 Å². The number of carbonyl (C=O) groups excluding carboxylic acids is 1. The van der Waals surface area contributed by atoms with Crippen LogP contribution in [0.4, 0.5) is 0 Å². The van der Waals surface area contributed by atoms with Gasteiger partial charge in [0.25, 0.3) is 0 Å². The molecule has 0 spiro atoms. The number of carbonyl (C=O) groups is 1. The van der Waals surface area contributed by atoms with Gasteiger partial charge in [-0.1, -0.05) is 54.6 Å². The van der Waals surface area contributed by atoms with Crippen LogP contribution in [0.3, 0.4) is 0 Å². The molecule has 1 aliphatic heterocycles. The van der Waals surface area contributed by atoms with E-state index in [0.717, 1.165) is 50.3 Å². The fourth-order valence-corrected chi connectivity index (χ4v) is 4.15. The van der Waals surface area contributed by atoms with Crippen LogP contribution < -0.4 is 14.8 Å². The van der Waals surface area contributed by atoms with Crippen LogP contribution in [0.2, 0.25) is 0 Å². The second-order valence-corrected chi connectivity index (χ2v) is 7.87. The molecule has 1 N–H and O–H groups in total. The highest BCUT2D eigenvalue weighted by atomic mass is 16.6. The highest BCUT2D eigenvalue weighted by Crippen LogP contribution is 2.33. The van der Waals surface area contributed by atoms with Gasteiger partial charge in [0.15, 0.2) is 11.5 Å². The molecule has 5 nitrogen and oxygen atoms in total. The summed E-state index contributed by atoms with van der Waals surface area (Å²) in [4.78, 5) is 17.7. The van der Waals surface area contributed by atoms with E-state index in [1.807, 2.05) is 61.5 Å². The van der Waals surface area contributed by atoms with Crippen LogP contribution >= 0.6 is 0 Å². The zero-order valence-electron chi connectivity index (χ0n) is 17.9. The summed E-state index contributed by atoms with van der Waals surface area (Å²) in [7, 11) is 0. The molecule has 5 heteroatoms. The minimum absolute atomic E-state index is 0.0442. The topological polar surface area (TPSA) is 60.5 Å². The number of nitrogens with zero attached hydrogens (tertiary/aromatic N) is 1. The number of pyridine rings is 1. The smallest absolute Gasteiger partial charge is 0.224 e. The Morgan fingerprint density at radius 3 is 2.53 bits per heavy atom. The molecule has 1 aliphatic rings. The largest absolute Gasteiger partial charge is 0.486 e. The number of amides is 1. The predicted molar refractivity (Wildman–Crippen MR) is 125 cm³/mol. The molecule has 160 valence electrons. The van der Waals surface area contributed by atoms with Gasteiger partial charge in [-0.05, 0) is 47.4 Å². The van der Waals surface area contributed by atoms with E-state index < -0.39 is 0 Å². The molecule has 3 aromatic carbocycles. The van der Waals surface area contributed by atoms with Crippen molar-refractivity contribution in [1.29, 1.82) is 0 Å². The van der Waals surface area contributed by atoms with Crippen LogP contribution in [0, 0.1) is 6.92 Å². The highest BCUT2D eigenvalue weighted by Gasteiger charge is 2.17. The van der Waals surface area contributed by atoms with Crippen LogP contribution in [-0.4, -0.2) is 24.1 Å². The van der Waals surface area contributed by atoms with E-state index >= 15 is 0 Å². The Morgan fingerprint density at radius 1 is 0.938 bits per heavy atom. The van der Waals surface area contributed by atoms with E-state index in [4.69, 9.17) is 14.5 Å². The first kappa shape index (κ1) is 20.1. The van der Waals surface area contributed by atoms with Gasteiger partial charge in [0.1, 0.15) is 13.2 Å². The van der Waals surface area contributed by atoms with Gasteiger partial charge in [0.05, 0.1) is 11.9 Å². The number of aromatic nitrogens is 1. The van der Waals surface area contributed by atoms with Gasteiger partial charge in [-0.3, -0.25) is 9.78 Å². The summed E-state index contributed by atoms with van der Waals surface area (Å²) in [6, 6.07) is 24.0. The third kappa shape index (κ3) is 4.02. The lowest BCUT2D eigenvalue weighted by Gasteiger charge is -2.19. The Balaban J connectivity index is 1.41. The summed E-state index contributed by atoms with van der Waals surface area (Å²) >= 11 is 0. The highest BCUT2D eigenvalue weighted by molar-refractivity contribution is 5.98. The molecule has 0 unspecified atom stereocenters. The Morgan fingerprint density at radius 2 is 1.69 bits per heavy atom. The summed E-state index contributed by atoms with van der Waals surface area (Å²) < 4.78 is 11.2. The standard InChI is InChI=1S/C27H24N2O3/c1-18-22(16-26(30)28-17-19-11-12-24-25(15-19)32-14-13-31-24)27(20-7-3-2-4-8-20)21-9-5-6-10-23(21)29-18/h2-12,15H,13-14,16-17H2,1H3,(H,28,30). The van der Waals surface area contributed by atoms with Crippen molar-refractivity contribution in [3.8, 4) is 22.6 Å². The van der Waals surface area contributed by atoms with Crippen molar-refractivity contribution in [2.24, 2.45) is 0 Å². The lowest BCUT2D eigenvalue weighted by Crippen LogP contribution is -2.25. The van der Waals surface area contributed by atoms with Gasteiger partial charge in [-0.15, -0.1) is 0 Å². The third-order valence-corrected chi connectivity index (χ3v) is 5.70. The molecule has 0 aliphatic carbocycles. The molecular weight excluding hydrogens is 400 g/mol. The minimum Gasteiger partial charge on any atom is -0.486 e. The first-order chi connectivity index (χ1) is 15.7. The van der Waals surface area contributed by atoms with E-state index in [9.17, 15) is 4.79 Å². The van der Waals surface area contributed by atoms with Crippen LogP contribution in [0.15, 0.2) is 72.8 Å². The lowest BCUT2D eigenvalue weighted by molar-refractivity contribution is -0.120. The normalized spacial score (nSPS) is 12.5. The molecule has 0 bridgehead atoms. The van der Waals surface area contributed by atoms with Gasteiger partial charge in [0.2, 0.25) is 5.91 Å². The van der Waals surface area contributed by atoms with Crippen molar-refractivity contribution in [2.75, 3.05) is 13.2 Å². The molecule has 0 atom stereocenters. The summed E-state index contributed by atoms with van der Waals surface area (Å²) in [5.74, 6) is 1.43. The molecule has 0 radical (unpaired) electrons. The van der Waals surface area contributed by atoms with Crippen molar-refractivity contribution in [2.45, 2.75) is 19.9 Å². The van der Waals surface area contributed by atoms with Gasteiger partial charge in [-0.25, -0.2) is 0 Å². The lowest BCUT2D eigenvalue weighted by atomic mass is 9.92. The molecule has 0 saturated carbocycles. The molecule has 4 aromatic rings. The van der Waals surface area contributed by atoms with E-state index in [0.29, 0.717) is 19.8 Å². The molecule has 1 aromatic heterocycles. The first-order valence-electron chi connectivity index (χ1n) is 10.8. The van der Waals surface area contributed by atoms with Gasteiger partial charge in [-0.2, -0.15) is 0 Å². The summed E-state index contributed by atoms with van der Waals surface area (Å²) in [6.07, 6.45) is 0.262. The number of aryl methyl sites for hydroxylation is 1. The van der Waals surface area contributed by atoms with Crippen LogP contribution in [0.5, 0.6) is 11.5 Å². The number of ether oxygens (including phenoxy) is 2. The van der Waals surface area contributed by atoms with Crippen LogP contribution in [0.1, 0.15) is 16.8 Å². The number of para-hydroxylation sites is 1. The Bertz CT molecular complexity index is 1290. The molecule has 1 amide bonds. The quantitative estimate of drug-likeness (QED) is 0.498. The first-order valence-corrected chi connectivity index (χ1v) is 10.8. The van der Waals surface area contributed by atoms with E-state index in [1.165, 1.54) is 0 Å². The zero-order chi connectivity index (χ0) is 21.9.